The van der Waals surface area contributed by atoms with Gasteiger partial charge in [0.15, 0.2) is 6.10 Å². The molecule has 0 rings (SSSR count). The van der Waals surface area contributed by atoms with Crippen LogP contribution in [0.5, 0.6) is 0 Å². The van der Waals surface area contributed by atoms with Gasteiger partial charge in [-0.05, 0) is 31.1 Å². The number of rotatable bonds is 51. The summed E-state index contributed by atoms with van der Waals surface area (Å²) in [4.78, 5) is 38.0. The number of carbonyl (C=O) groups is 3. The van der Waals surface area contributed by atoms with E-state index in [1.54, 1.807) is 0 Å². The van der Waals surface area contributed by atoms with Crippen LogP contribution in [-0.2, 0) is 28.6 Å². The molecule has 0 radical (unpaired) electrons. The van der Waals surface area contributed by atoms with Crippen molar-refractivity contribution in [1.29, 1.82) is 0 Å². The van der Waals surface area contributed by atoms with Crippen molar-refractivity contribution in [2.45, 2.75) is 323 Å². The Morgan fingerprint density at radius 2 is 0.524 bits per heavy atom. The molecule has 6 heteroatoms. The lowest BCUT2D eigenvalue weighted by molar-refractivity contribution is -0.167. The van der Waals surface area contributed by atoms with Crippen LogP contribution in [0.4, 0.5) is 0 Å². The van der Waals surface area contributed by atoms with Gasteiger partial charge in [-0.2, -0.15) is 0 Å². The zero-order valence-corrected chi connectivity index (χ0v) is 43.2. The van der Waals surface area contributed by atoms with E-state index in [0.29, 0.717) is 19.3 Å². The molecule has 0 amide bonds. The van der Waals surface area contributed by atoms with Crippen LogP contribution in [0.2, 0.25) is 0 Å². The Labute approximate surface area is 393 Å². The molecular formula is C57H110O6. The van der Waals surface area contributed by atoms with Gasteiger partial charge in [-0.1, -0.05) is 279 Å². The Morgan fingerprint density at radius 3 is 0.778 bits per heavy atom. The summed E-state index contributed by atoms with van der Waals surface area (Å²) in [6.45, 7) is 11.3. The minimum absolute atomic E-state index is 0.0642. The first kappa shape index (κ1) is 61.4. The van der Waals surface area contributed by atoms with E-state index in [2.05, 4.69) is 34.6 Å². The van der Waals surface area contributed by atoms with Crippen LogP contribution < -0.4 is 0 Å². The van der Waals surface area contributed by atoms with Gasteiger partial charge >= 0.3 is 17.9 Å². The second-order valence-corrected chi connectivity index (χ2v) is 20.5. The van der Waals surface area contributed by atoms with Crippen molar-refractivity contribution in [3.05, 3.63) is 0 Å². The molecule has 0 aromatic heterocycles. The summed E-state index contributed by atoms with van der Waals surface area (Å²) < 4.78 is 16.8. The Balaban J connectivity index is 4.19. The zero-order chi connectivity index (χ0) is 46.1. The summed E-state index contributed by atoms with van der Waals surface area (Å²) in [5, 5.41) is 0. The van der Waals surface area contributed by atoms with Gasteiger partial charge in [0.2, 0.25) is 0 Å². The highest BCUT2D eigenvalue weighted by molar-refractivity contribution is 5.71. The molecule has 6 nitrogen and oxygen atoms in total. The van der Waals surface area contributed by atoms with E-state index in [4.69, 9.17) is 14.2 Å². The lowest BCUT2D eigenvalue weighted by atomic mass is 10.0. The molecule has 0 bridgehead atoms. The molecule has 0 heterocycles. The highest BCUT2D eigenvalue weighted by atomic mass is 16.6. The van der Waals surface area contributed by atoms with Gasteiger partial charge in [-0.25, -0.2) is 0 Å². The van der Waals surface area contributed by atoms with Crippen LogP contribution in [0.15, 0.2) is 0 Å². The minimum atomic E-state index is -0.763. The van der Waals surface area contributed by atoms with E-state index in [1.165, 1.54) is 205 Å². The van der Waals surface area contributed by atoms with Gasteiger partial charge in [0.05, 0.1) is 0 Å². The van der Waals surface area contributed by atoms with Gasteiger partial charge in [0.25, 0.3) is 0 Å². The first-order valence-electron chi connectivity index (χ1n) is 28.2. The minimum Gasteiger partial charge on any atom is -0.462 e. The monoisotopic (exact) mass is 891 g/mol. The van der Waals surface area contributed by atoms with Gasteiger partial charge in [-0.3, -0.25) is 14.4 Å². The third kappa shape index (κ3) is 51.3. The van der Waals surface area contributed by atoms with Crippen LogP contribution in [0.1, 0.15) is 317 Å². The Bertz CT molecular complexity index is 962. The predicted molar refractivity (Wildman–Crippen MR) is 270 cm³/mol. The fourth-order valence-electron chi connectivity index (χ4n) is 8.70. The largest absolute Gasteiger partial charge is 0.462 e. The van der Waals surface area contributed by atoms with E-state index in [0.717, 1.165) is 69.6 Å². The van der Waals surface area contributed by atoms with Crippen molar-refractivity contribution in [3.63, 3.8) is 0 Å². The summed E-state index contributed by atoms with van der Waals surface area (Å²) in [7, 11) is 0. The Morgan fingerprint density at radius 1 is 0.302 bits per heavy atom. The highest BCUT2D eigenvalue weighted by Gasteiger charge is 2.19. The average molecular weight is 892 g/mol. The van der Waals surface area contributed by atoms with Crippen LogP contribution in [0.25, 0.3) is 0 Å². The van der Waals surface area contributed by atoms with E-state index in [1.807, 2.05) is 0 Å². The summed E-state index contributed by atoms with van der Waals surface area (Å²) >= 11 is 0. The lowest BCUT2D eigenvalue weighted by Crippen LogP contribution is -2.30. The standard InChI is InChI=1S/C57H110O6/c1-6-7-8-9-10-11-12-13-14-15-16-19-22-25-28-31-37-42-47-55(58)61-50-54(63-57(60)49-44-39-34-33-36-41-46-53(4)5)51-62-56(59)48-43-38-32-29-26-23-20-17-18-21-24-27-30-35-40-45-52(2)3/h52-54H,6-51H2,1-5H3/t54-/m1/s1. The number of hydrogen-bond acceptors (Lipinski definition) is 6. The summed E-state index contributed by atoms with van der Waals surface area (Å²) in [5.41, 5.74) is 0. The molecule has 374 valence electrons. The third-order valence-electron chi connectivity index (χ3n) is 13.0. The topological polar surface area (TPSA) is 78.9 Å². The predicted octanol–water partition coefficient (Wildman–Crippen LogP) is 18.5. The maximum absolute atomic E-state index is 12.8. The molecule has 0 aromatic carbocycles. The lowest BCUT2D eigenvalue weighted by Gasteiger charge is -2.18. The van der Waals surface area contributed by atoms with E-state index < -0.39 is 6.10 Å². The van der Waals surface area contributed by atoms with Crippen molar-refractivity contribution in [2.75, 3.05) is 13.2 Å². The second-order valence-electron chi connectivity index (χ2n) is 20.5. The average Bonchev–Trinajstić information content (AvgIpc) is 3.25. The van der Waals surface area contributed by atoms with Crippen LogP contribution in [0, 0.1) is 11.8 Å². The quantitative estimate of drug-likeness (QED) is 0.0344. The molecule has 0 aromatic rings. The zero-order valence-electron chi connectivity index (χ0n) is 43.2. The van der Waals surface area contributed by atoms with E-state index in [9.17, 15) is 14.4 Å². The first-order chi connectivity index (χ1) is 30.7. The molecule has 0 saturated heterocycles. The fraction of sp³-hybridized carbons (Fsp3) is 0.947. The van der Waals surface area contributed by atoms with Crippen molar-refractivity contribution < 1.29 is 28.6 Å². The molecule has 0 saturated carbocycles. The number of ether oxygens (including phenoxy) is 3. The highest BCUT2D eigenvalue weighted by Crippen LogP contribution is 2.18. The van der Waals surface area contributed by atoms with Crippen molar-refractivity contribution >= 4 is 17.9 Å². The molecule has 0 N–H and O–H groups in total. The van der Waals surface area contributed by atoms with E-state index >= 15 is 0 Å². The SMILES string of the molecule is CCCCCCCCCCCCCCCCCCCCC(=O)OC[C@H](COC(=O)CCCCCCCCCCCCCCCCCC(C)C)OC(=O)CCCCCCCCC(C)C. The van der Waals surface area contributed by atoms with Crippen molar-refractivity contribution in [3.8, 4) is 0 Å². The summed E-state index contributed by atoms with van der Waals surface area (Å²) in [6.07, 6.45) is 52.6. The summed E-state index contributed by atoms with van der Waals surface area (Å²) in [6, 6.07) is 0. The second kappa shape index (κ2) is 49.8. The first-order valence-corrected chi connectivity index (χ1v) is 28.2. The number of esters is 3. The van der Waals surface area contributed by atoms with Crippen LogP contribution in [-0.4, -0.2) is 37.2 Å². The van der Waals surface area contributed by atoms with Gasteiger partial charge in [0, 0.05) is 19.3 Å². The fourth-order valence-corrected chi connectivity index (χ4v) is 8.70. The van der Waals surface area contributed by atoms with Crippen molar-refractivity contribution in [1.82, 2.24) is 0 Å². The Hall–Kier alpha value is -1.59. The normalized spacial score (nSPS) is 12.0. The Kier molecular flexibility index (Phi) is 48.6. The van der Waals surface area contributed by atoms with Crippen LogP contribution >= 0.6 is 0 Å². The molecule has 0 spiro atoms. The molecule has 0 aliphatic heterocycles. The van der Waals surface area contributed by atoms with Crippen LogP contribution in [0.3, 0.4) is 0 Å². The van der Waals surface area contributed by atoms with Gasteiger partial charge in [0.1, 0.15) is 13.2 Å². The molecular weight excluding hydrogens is 781 g/mol. The number of hydrogen-bond donors (Lipinski definition) is 0. The van der Waals surface area contributed by atoms with Gasteiger partial charge < -0.3 is 14.2 Å². The smallest absolute Gasteiger partial charge is 0.306 e. The maximum atomic E-state index is 12.8. The molecule has 0 aliphatic carbocycles. The molecule has 63 heavy (non-hydrogen) atoms. The molecule has 0 aliphatic rings. The maximum Gasteiger partial charge on any atom is 0.306 e. The number of unbranched alkanes of at least 4 members (excludes halogenated alkanes) is 36. The molecule has 0 unspecified atom stereocenters. The third-order valence-corrected chi connectivity index (χ3v) is 13.0. The van der Waals surface area contributed by atoms with Gasteiger partial charge in [-0.15, -0.1) is 0 Å². The number of carbonyl (C=O) groups excluding carboxylic acids is 3. The summed E-state index contributed by atoms with van der Waals surface area (Å²) in [5.74, 6) is 0.760. The molecule has 1 atom stereocenters. The van der Waals surface area contributed by atoms with Crippen molar-refractivity contribution in [2.24, 2.45) is 11.8 Å². The van der Waals surface area contributed by atoms with E-state index in [-0.39, 0.29) is 31.1 Å². The molecule has 0 fully saturated rings.